The van der Waals surface area contributed by atoms with Crippen LogP contribution in [0.3, 0.4) is 0 Å². The largest absolute Gasteiger partial charge is 0.508 e. The van der Waals surface area contributed by atoms with Crippen LogP contribution in [0.1, 0.15) is 45.9 Å². The molecule has 202 valence electrons. The fraction of sp³-hybridized carbons (Fsp3) is 0.294. The van der Waals surface area contributed by atoms with Crippen molar-refractivity contribution in [3.05, 3.63) is 130 Å². The van der Waals surface area contributed by atoms with E-state index in [9.17, 15) is 10.2 Å². The van der Waals surface area contributed by atoms with Crippen LogP contribution in [0.2, 0.25) is 0 Å². The number of nitrogens with one attached hydrogen (secondary N) is 1. The Morgan fingerprint density at radius 1 is 0.821 bits per heavy atom. The highest BCUT2D eigenvalue weighted by Crippen LogP contribution is 2.27. The van der Waals surface area contributed by atoms with Crippen LogP contribution in [-0.4, -0.2) is 29.4 Å². The van der Waals surface area contributed by atoms with Crippen LogP contribution >= 0.6 is 0 Å². The van der Waals surface area contributed by atoms with Crippen LogP contribution in [0.5, 0.6) is 11.5 Å². The molecule has 0 unspecified atom stereocenters. The van der Waals surface area contributed by atoms with Gasteiger partial charge in [-0.05, 0) is 83.3 Å². The third-order valence-electron chi connectivity index (χ3n) is 7.35. The van der Waals surface area contributed by atoms with E-state index in [0.29, 0.717) is 38.5 Å². The van der Waals surface area contributed by atoms with Gasteiger partial charge in [0.1, 0.15) is 18.1 Å². The third kappa shape index (κ3) is 7.70. The molecule has 5 rings (SSSR count). The molecule has 5 nitrogen and oxygen atoms in total. The van der Waals surface area contributed by atoms with Crippen LogP contribution in [-0.2, 0) is 37.2 Å². The summed E-state index contributed by atoms with van der Waals surface area (Å²) in [7, 11) is 0. The summed E-state index contributed by atoms with van der Waals surface area (Å²) in [4.78, 5) is 0. The number of rotatable bonds is 12. The first-order valence-corrected chi connectivity index (χ1v) is 13.8. The Bertz CT molecular complexity index is 1330. The number of aryl methyl sites for hydroxylation is 1. The third-order valence-corrected chi connectivity index (χ3v) is 7.35. The number of phenolic OH excluding ortho intramolecular Hbond substituents is 1. The van der Waals surface area contributed by atoms with Crippen molar-refractivity contribution in [1.29, 1.82) is 0 Å². The second-order valence-corrected chi connectivity index (χ2v) is 10.2. The molecule has 4 aromatic rings. The molecule has 1 aliphatic rings. The zero-order valence-electron chi connectivity index (χ0n) is 22.3. The number of hydrogen-bond donors (Lipinski definition) is 3. The second-order valence-electron chi connectivity index (χ2n) is 10.2. The van der Waals surface area contributed by atoms with E-state index in [1.54, 1.807) is 6.07 Å². The number of aromatic hydroxyl groups is 1. The van der Waals surface area contributed by atoms with Crippen molar-refractivity contribution in [3.8, 4) is 11.5 Å². The summed E-state index contributed by atoms with van der Waals surface area (Å²) in [5.74, 6) is 1.12. The number of hydrogen-bond acceptors (Lipinski definition) is 5. The average Bonchev–Trinajstić information content (AvgIpc) is 2.98. The van der Waals surface area contributed by atoms with E-state index in [4.69, 9.17) is 9.47 Å². The molecule has 1 aliphatic carbocycles. The molecule has 0 saturated carbocycles. The molecule has 2 atom stereocenters. The molecule has 0 fully saturated rings. The highest BCUT2D eigenvalue weighted by atomic mass is 16.5. The van der Waals surface area contributed by atoms with Crippen molar-refractivity contribution < 1.29 is 19.7 Å². The Kier molecular flexibility index (Phi) is 9.28. The van der Waals surface area contributed by atoms with Gasteiger partial charge in [-0.1, -0.05) is 72.8 Å². The maximum Gasteiger partial charge on any atom is 0.123 e. The Morgan fingerprint density at radius 3 is 2.33 bits per heavy atom. The van der Waals surface area contributed by atoms with Crippen molar-refractivity contribution in [2.24, 2.45) is 0 Å². The molecular formula is C34H37NO4. The minimum atomic E-state index is -0.636. The van der Waals surface area contributed by atoms with Crippen molar-refractivity contribution in [3.63, 3.8) is 0 Å². The lowest BCUT2D eigenvalue weighted by Gasteiger charge is -2.27. The van der Waals surface area contributed by atoms with Gasteiger partial charge >= 0.3 is 0 Å². The Hall–Kier alpha value is -3.64. The maximum absolute atomic E-state index is 11.1. The van der Waals surface area contributed by atoms with E-state index >= 15 is 0 Å². The Balaban J connectivity index is 1.21. The molecule has 0 radical (unpaired) electrons. The molecule has 3 N–H and O–H groups in total. The molecule has 0 bridgehead atoms. The van der Waals surface area contributed by atoms with Gasteiger partial charge in [-0.15, -0.1) is 0 Å². The first kappa shape index (κ1) is 26.9. The summed E-state index contributed by atoms with van der Waals surface area (Å²) in [6, 6.07) is 32.2. The van der Waals surface area contributed by atoms with Crippen molar-refractivity contribution in [2.75, 3.05) is 13.2 Å². The van der Waals surface area contributed by atoms with Crippen LogP contribution < -0.4 is 10.1 Å². The van der Waals surface area contributed by atoms with Gasteiger partial charge in [-0.25, -0.2) is 0 Å². The number of fused-ring (bicyclic) bond motifs is 1. The number of ether oxygens (including phenoxy) is 2. The van der Waals surface area contributed by atoms with Gasteiger partial charge in [0.2, 0.25) is 0 Å². The molecule has 0 heterocycles. The van der Waals surface area contributed by atoms with E-state index in [2.05, 4.69) is 29.6 Å². The molecule has 4 aromatic carbocycles. The highest BCUT2D eigenvalue weighted by molar-refractivity contribution is 5.39. The second kappa shape index (κ2) is 13.4. The Morgan fingerprint density at radius 2 is 1.56 bits per heavy atom. The van der Waals surface area contributed by atoms with Crippen molar-refractivity contribution in [1.82, 2.24) is 5.32 Å². The van der Waals surface area contributed by atoms with Gasteiger partial charge in [-0.2, -0.15) is 0 Å². The molecule has 0 amide bonds. The SMILES string of the molecule is Oc1ccc2c(c1)C[C@H](NC[C@H](O)c1ccc(OCc3ccccc3)c(CCOCc3ccccc3)c1)CC2. The van der Waals surface area contributed by atoms with Crippen molar-refractivity contribution >= 4 is 0 Å². The minimum Gasteiger partial charge on any atom is -0.508 e. The van der Waals surface area contributed by atoms with Gasteiger partial charge in [0.15, 0.2) is 0 Å². The molecule has 0 spiro atoms. The van der Waals surface area contributed by atoms with E-state index in [0.717, 1.165) is 47.3 Å². The zero-order chi connectivity index (χ0) is 26.9. The predicted octanol–water partition coefficient (Wildman–Crippen LogP) is 5.91. The molecule has 39 heavy (non-hydrogen) atoms. The average molecular weight is 524 g/mol. The number of aliphatic hydroxyl groups excluding tert-OH is 1. The van der Waals surface area contributed by atoms with Gasteiger partial charge in [0.05, 0.1) is 19.3 Å². The lowest BCUT2D eigenvalue weighted by Crippen LogP contribution is -2.37. The summed E-state index contributed by atoms with van der Waals surface area (Å²) in [6.07, 6.45) is 2.90. The zero-order valence-corrected chi connectivity index (χ0v) is 22.3. The molecule has 0 aliphatic heterocycles. The summed E-state index contributed by atoms with van der Waals surface area (Å²) in [5, 5.41) is 24.5. The fourth-order valence-electron chi connectivity index (χ4n) is 5.14. The number of aliphatic hydroxyl groups is 1. The number of benzene rings is 4. The van der Waals surface area contributed by atoms with E-state index in [1.165, 1.54) is 11.1 Å². The van der Waals surface area contributed by atoms with E-state index in [1.807, 2.05) is 66.7 Å². The topological polar surface area (TPSA) is 71.0 Å². The maximum atomic E-state index is 11.1. The highest BCUT2D eigenvalue weighted by Gasteiger charge is 2.20. The summed E-state index contributed by atoms with van der Waals surface area (Å²) in [5.41, 5.74) is 6.63. The van der Waals surface area contributed by atoms with Crippen LogP contribution in [0.15, 0.2) is 97.1 Å². The minimum absolute atomic E-state index is 0.272. The van der Waals surface area contributed by atoms with E-state index < -0.39 is 6.10 Å². The van der Waals surface area contributed by atoms with Gasteiger partial charge in [0.25, 0.3) is 0 Å². The fourth-order valence-corrected chi connectivity index (χ4v) is 5.14. The summed E-state index contributed by atoms with van der Waals surface area (Å²) < 4.78 is 12.2. The standard InChI is InChI=1S/C34H37NO4/c36-32-15-12-27-11-14-31(20-30(27)21-32)35-22-33(37)28-13-16-34(39-24-26-9-5-2-6-10-26)29(19-28)17-18-38-23-25-7-3-1-4-8-25/h1-10,12-13,15-16,19,21,31,33,35-37H,11,14,17-18,20,22-24H2/t31-,33+/m1/s1. The normalized spacial score (nSPS) is 15.5. The first-order chi connectivity index (χ1) is 19.1. The lowest BCUT2D eigenvalue weighted by atomic mass is 9.88. The first-order valence-electron chi connectivity index (χ1n) is 13.8. The summed E-state index contributed by atoms with van der Waals surface area (Å²) in [6.45, 7) is 2.08. The van der Waals surface area contributed by atoms with Gasteiger partial charge < -0.3 is 25.0 Å². The lowest BCUT2D eigenvalue weighted by molar-refractivity contribution is 0.123. The van der Waals surface area contributed by atoms with Crippen LogP contribution in [0.25, 0.3) is 0 Å². The van der Waals surface area contributed by atoms with Crippen LogP contribution in [0, 0.1) is 0 Å². The van der Waals surface area contributed by atoms with Crippen molar-refractivity contribution in [2.45, 2.75) is 51.0 Å². The monoisotopic (exact) mass is 523 g/mol. The van der Waals surface area contributed by atoms with E-state index in [-0.39, 0.29) is 6.04 Å². The molecule has 0 saturated heterocycles. The smallest absolute Gasteiger partial charge is 0.123 e. The quantitative estimate of drug-likeness (QED) is 0.201. The van der Waals surface area contributed by atoms with Gasteiger partial charge in [-0.3, -0.25) is 0 Å². The predicted molar refractivity (Wildman–Crippen MR) is 154 cm³/mol. The number of phenols is 1. The van der Waals surface area contributed by atoms with Crippen LogP contribution in [0.4, 0.5) is 0 Å². The molecule has 5 heteroatoms. The summed E-state index contributed by atoms with van der Waals surface area (Å²) >= 11 is 0. The molecule has 0 aromatic heterocycles. The van der Waals surface area contributed by atoms with Gasteiger partial charge in [0, 0.05) is 12.6 Å². The Labute approximate surface area is 231 Å². The molecular weight excluding hydrogens is 486 g/mol.